The van der Waals surface area contributed by atoms with Gasteiger partial charge in [0.15, 0.2) is 4.91 Å². The number of benzene rings is 1. The molecule has 6 nitrogen and oxygen atoms in total. The first-order valence-corrected chi connectivity index (χ1v) is 5.67. The SMILES string of the molecule is O=C1N=NC(c2ccccc2)=C1S(=O)(=O)O. The highest BCUT2D eigenvalue weighted by Crippen LogP contribution is 2.29. The zero-order valence-corrected chi connectivity index (χ0v) is 8.68. The predicted octanol–water partition coefficient (Wildman–Crippen LogP) is 1.24. The van der Waals surface area contributed by atoms with E-state index in [-0.39, 0.29) is 5.70 Å². The van der Waals surface area contributed by atoms with Gasteiger partial charge >= 0.3 is 16.0 Å². The quantitative estimate of drug-likeness (QED) is 0.784. The standard InChI is InChI=1S/C9H6N2O4S/c12-9-8(16(13,14)15)7(10-11-9)6-4-2-1-3-5-6/h1-5H,(H,13,14,15). The van der Waals surface area contributed by atoms with Crippen molar-refractivity contribution < 1.29 is 17.8 Å². The van der Waals surface area contributed by atoms with Crippen LogP contribution in [-0.2, 0) is 14.9 Å². The molecule has 1 aromatic rings. The molecule has 1 aliphatic heterocycles. The minimum absolute atomic E-state index is 0.131. The Kier molecular flexibility index (Phi) is 2.41. The van der Waals surface area contributed by atoms with E-state index in [1.54, 1.807) is 30.3 Å². The summed E-state index contributed by atoms with van der Waals surface area (Å²) in [4.78, 5) is 10.4. The van der Waals surface area contributed by atoms with Crippen LogP contribution in [0.5, 0.6) is 0 Å². The highest BCUT2D eigenvalue weighted by atomic mass is 32.2. The van der Waals surface area contributed by atoms with E-state index in [0.29, 0.717) is 5.56 Å². The van der Waals surface area contributed by atoms with Gasteiger partial charge in [0.05, 0.1) is 0 Å². The third-order valence-corrected chi connectivity index (χ3v) is 2.84. The number of carbonyl (C=O) groups is 1. The largest absolute Gasteiger partial charge is 0.311 e. The Bertz CT molecular complexity index is 602. The van der Waals surface area contributed by atoms with Crippen LogP contribution in [0.4, 0.5) is 0 Å². The van der Waals surface area contributed by atoms with Crippen LogP contribution in [0.15, 0.2) is 45.5 Å². The number of azo groups is 1. The Morgan fingerprint density at radius 3 is 2.25 bits per heavy atom. The number of amides is 1. The van der Waals surface area contributed by atoms with E-state index in [1.807, 2.05) is 0 Å². The van der Waals surface area contributed by atoms with E-state index < -0.39 is 20.9 Å². The van der Waals surface area contributed by atoms with Crippen LogP contribution in [0.1, 0.15) is 5.56 Å². The second kappa shape index (κ2) is 3.62. The molecule has 1 N–H and O–H groups in total. The maximum atomic E-state index is 11.1. The van der Waals surface area contributed by atoms with Gasteiger partial charge in [0.1, 0.15) is 5.70 Å². The van der Waals surface area contributed by atoms with Crippen LogP contribution in [0, 0.1) is 0 Å². The molecule has 0 bridgehead atoms. The first-order chi connectivity index (χ1) is 7.50. The number of hydrogen-bond donors (Lipinski definition) is 1. The molecule has 16 heavy (non-hydrogen) atoms. The molecule has 2 rings (SSSR count). The summed E-state index contributed by atoms with van der Waals surface area (Å²) in [5, 5.41) is 6.57. The zero-order valence-electron chi connectivity index (χ0n) is 7.86. The zero-order chi connectivity index (χ0) is 11.8. The van der Waals surface area contributed by atoms with Gasteiger partial charge in [-0.1, -0.05) is 30.3 Å². The Morgan fingerprint density at radius 2 is 1.69 bits per heavy atom. The second-order valence-electron chi connectivity index (χ2n) is 3.02. The highest BCUT2D eigenvalue weighted by Gasteiger charge is 2.32. The van der Waals surface area contributed by atoms with Crippen molar-refractivity contribution >= 4 is 21.7 Å². The topological polar surface area (TPSA) is 96.2 Å². The summed E-state index contributed by atoms with van der Waals surface area (Å²) in [6, 6.07) is 8.17. The summed E-state index contributed by atoms with van der Waals surface area (Å²) >= 11 is 0. The molecule has 1 aliphatic rings. The van der Waals surface area contributed by atoms with Crippen molar-refractivity contribution in [3.63, 3.8) is 0 Å². The summed E-state index contributed by atoms with van der Waals surface area (Å²) in [5.41, 5.74) is 0.276. The fourth-order valence-corrected chi connectivity index (χ4v) is 1.97. The van der Waals surface area contributed by atoms with E-state index in [0.717, 1.165) is 0 Å². The predicted molar refractivity (Wildman–Crippen MR) is 54.8 cm³/mol. The van der Waals surface area contributed by atoms with Crippen molar-refractivity contribution in [2.75, 3.05) is 0 Å². The van der Waals surface area contributed by atoms with Crippen molar-refractivity contribution in [1.29, 1.82) is 0 Å². The van der Waals surface area contributed by atoms with Gasteiger partial charge in [0.2, 0.25) is 0 Å². The van der Waals surface area contributed by atoms with Gasteiger partial charge in [-0.2, -0.15) is 8.42 Å². The van der Waals surface area contributed by atoms with Gasteiger partial charge in [0, 0.05) is 5.56 Å². The van der Waals surface area contributed by atoms with Crippen molar-refractivity contribution in [1.82, 2.24) is 0 Å². The molecule has 0 saturated carbocycles. The lowest BCUT2D eigenvalue weighted by atomic mass is 10.1. The average Bonchev–Trinajstić information content (AvgIpc) is 2.61. The molecular weight excluding hydrogens is 232 g/mol. The monoisotopic (exact) mass is 238 g/mol. The lowest BCUT2D eigenvalue weighted by molar-refractivity contribution is -0.113. The van der Waals surface area contributed by atoms with E-state index >= 15 is 0 Å². The molecule has 0 atom stereocenters. The van der Waals surface area contributed by atoms with Crippen molar-refractivity contribution in [3.05, 3.63) is 40.8 Å². The highest BCUT2D eigenvalue weighted by molar-refractivity contribution is 7.91. The molecule has 0 aliphatic carbocycles. The molecule has 1 amide bonds. The summed E-state index contributed by atoms with van der Waals surface area (Å²) < 4.78 is 30.9. The second-order valence-corrected chi connectivity index (χ2v) is 4.38. The summed E-state index contributed by atoms with van der Waals surface area (Å²) in [5.74, 6) is -1.05. The van der Waals surface area contributed by atoms with Gasteiger partial charge < -0.3 is 0 Å². The van der Waals surface area contributed by atoms with E-state index in [9.17, 15) is 13.2 Å². The molecule has 82 valence electrons. The number of nitrogens with zero attached hydrogens (tertiary/aromatic N) is 2. The summed E-state index contributed by atoms with van der Waals surface area (Å²) in [6.07, 6.45) is 0. The lowest BCUT2D eigenvalue weighted by Crippen LogP contribution is -2.09. The minimum Gasteiger partial charge on any atom is -0.282 e. The van der Waals surface area contributed by atoms with Crippen LogP contribution in [0.2, 0.25) is 0 Å². The van der Waals surface area contributed by atoms with Crippen molar-refractivity contribution in [3.8, 4) is 0 Å². The van der Waals surface area contributed by atoms with Crippen LogP contribution in [-0.4, -0.2) is 18.9 Å². The molecule has 1 aromatic carbocycles. The first-order valence-electron chi connectivity index (χ1n) is 4.23. The van der Waals surface area contributed by atoms with Crippen molar-refractivity contribution in [2.24, 2.45) is 10.2 Å². The Hall–Kier alpha value is -1.86. The number of rotatable bonds is 2. The summed E-state index contributed by atoms with van der Waals surface area (Å²) in [6.45, 7) is 0. The van der Waals surface area contributed by atoms with Crippen LogP contribution in [0.3, 0.4) is 0 Å². The first kappa shape index (κ1) is 10.7. The van der Waals surface area contributed by atoms with Gasteiger partial charge in [-0.05, 0) is 0 Å². The lowest BCUT2D eigenvalue weighted by Gasteiger charge is -1.99. The Labute approximate surface area is 91.1 Å². The average molecular weight is 238 g/mol. The molecule has 1 heterocycles. The minimum atomic E-state index is -4.61. The van der Waals surface area contributed by atoms with E-state index in [4.69, 9.17) is 4.55 Å². The van der Waals surface area contributed by atoms with Crippen LogP contribution < -0.4 is 0 Å². The van der Waals surface area contributed by atoms with Crippen molar-refractivity contribution in [2.45, 2.75) is 0 Å². The molecule has 0 fully saturated rings. The maximum absolute atomic E-state index is 11.1. The van der Waals surface area contributed by atoms with E-state index in [2.05, 4.69) is 10.2 Å². The molecule has 0 radical (unpaired) electrons. The maximum Gasteiger partial charge on any atom is 0.311 e. The smallest absolute Gasteiger partial charge is 0.282 e. The molecule has 0 unspecified atom stereocenters. The van der Waals surface area contributed by atoms with Gasteiger partial charge in [0.25, 0.3) is 0 Å². The fourth-order valence-electron chi connectivity index (χ4n) is 1.30. The molecular formula is C9H6N2O4S. The van der Waals surface area contributed by atoms with Gasteiger partial charge in [-0.15, -0.1) is 10.2 Å². The fraction of sp³-hybridized carbons (Fsp3) is 0. The Balaban J connectivity index is 2.67. The molecule has 0 saturated heterocycles. The molecule has 0 spiro atoms. The summed E-state index contributed by atoms with van der Waals surface area (Å²) in [7, 11) is -4.61. The van der Waals surface area contributed by atoms with E-state index in [1.165, 1.54) is 0 Å². The normalized spacial score (nSPS) is 15.9. The van der Waals surface area contributed by atoms with Crippen LogP contribution in [0.25, 0.3) is 5.70 Å². The van der Waals surface area contributed by atoms with Crippen LogP contribution >= 0.6 is 0 Å². The van der Waals surface area contributed by atoms with Gasteiger partial charge in [-0.3, -0.25) is 9.35 Å². The third kappa shape index (κ3) is 1.77. The molecule has 7 heteroatoms. The van der Waals surface area contributed by atoms with Gasteiger partial charge in [-0.25, -0.2) is 0 Å². The number of hydrogen-bond acceptors (Lipinski definition) is 4. The third-order valence-electron chi connectivity index (χ3n) is 1.96. The Morgan fingerprint density at radius 1 is 1.06 bits per heavy atom. The molecule has 0 aromatic heterocycles. The number of carbonyl (C=O) groups excluding carboxylic acids is 1.